The van der Waals surface area contributed by atoms with Crippen molar-refractivity contribution in [2.75, 3.05) is 0 Å². The number of nitro benzene ring substituents is 1. The number of carbonyl (C=O) groups excluding carboxylic acids is 1. The molecule has 0 aliphatic heterocycles. The second kappa shape index (κ2) is 7.40. The quantitative estimate of drug-likeness (QED) is 0.339. The van der Waals surface area contributed by atoms with Crippen LogP contribution in [0.2, 0.25) is 0 Å². The van der Waals surface area contributed by atoms with Gasteiger partial charge < -0.3 is 4.74 Å². The first kappa shape index (κ1) is 18.7. The zero-order chi connectivity index (χ0) is 20.5. The number of halogens is 1. The molecule has 0 N–H and O–H groups in total. The highest BCUT2D eigenvalue weighted by Crippen LogP contribution is 2.39. The fourth-order valence-corrected chi connectivity index (χ4v) is 3.79. The predicted octanol–water partition coefficient (Wildman–Crippen LogP) is 4.59. The Morgan fingerprint density at radius 1 is 1.31 bits per heavy atom. The van der Waals surface area contributed by atoms with E-state index in [1.807, 2.05) is 6.07 Å². The maximum atomic E-state index is 14.2. The predicted molar refractivity (Wildman–Crippen MR) is 105 cm³/mol. The standard InChI is InChI=1S/C19H13FN4O4S/c1-11(25)9-23-10-12(8-22-23)18-7-15-19(29-18)17(4-5-21-15)28-16-3-2-13(24(26)27)6-14(16)20/h2-8,10H,9H2,1H3. The van der Waals surface area contributed by atoms with Crippen molar-refractivity contribution in [1.82, 2.24) is 14.8 Å². The Kier molecular flexibility index (Phi) is 4.77. The summed E-state index contributed by atoms with van der Waals surface area (Å²) in [4.78, 5) is 26.5. The van der Waals surface area contributed by atoms with Crippen molar-refractivity contribution >= 4 is 33.0 Å². The minimum Gasteiger partial charge on any atom is -0.453 e. The first-order valence-corrected chi connectivity index (χ1v) is 9.25. The van der Waals surface area contributed by atoms with Crippen LogP contribution in [0.15, 0.2) is 48.9 Å². The van der Waals surface area contributed by atoms with E-state index < -0.39 is 10.7 Å². The number of hydrogen-bond donors (Lipinski definition) is 0. The van der Waals surface area contributed by atoms with Crippen LogP contribution in [0.4, 0.5) is 10.1 Å². The van der Waals surface area contributed by atoms with Gasteiger partial charge in [-0.25, -0.2) is 4.39 Å². The zero-order valence-corrected chi connectivity index (χ0v) is 15.9. The summed E-state index contributed by atoms with van der Waals surface area (Å²) in [5.41, 5.74) is 1.13. The molecule has 0 saturated carbocycles. The average Bonchev–Trinajstić information content (AvgIpc) is 3.29. The summed E-state index contributed by atoms with van der Waals surface area (Å²) in [6, 6.07) is 6.67. The zero-order valence-electron chi connectivity index (χ0n) is 15.0. The number of fused-ring (bicyclic) bond motifs is 1. The van der Waals surface area contributed by atoms with E-state index in [1.54, 1.807) is 23.1 Å². The summed E-state index contributed by atoms with van der Waals surface area (Å²) in [5.74, 6) is -0.563. The number of aromatic nitrogens is 3. The topological polar surface area (TPSA) is 100 Å². The molecule has 8 nitrogen and oxygen atoms in total. The maximum Gasteiger partial charge on any atom is 0.272 e. The number of hydrogen-bond acceptors (Lipinski definition) is 7. The summed E-state index contributed by atoms with van der Waals surface area (Å²) >= 11 is 1.39. The molecule has 1 aromatic carbocycles. The molecule has 0 fully saturated rings. The van der Waals surface area contributed by atoms with Crippen LogP contribution in [0.5, 0.6) is 11.5 Å². The summed E-state index contributed by atoms with van der Waals surface area (Å²) in [5, 5.41) is 14.9. The highest BCUT2D eigenvalue weighted by atomic mass is 32.1. The lowest BCUT2D eigenvalue weighted by atomic mass is 10.2. The molecule has 10 heteroatoms. The minimum atomic E-state index is -0.827. The average molecular weight is 412 g/mol. The number of rotatable bonds is 6. The molecule has 29 heavy (non-hydrogen) atoms. The molecule has 0 unspecified atom stereocenters. The highest BCUT2D eigenvalue weighted by molar-refractivity contribution is 7.22. The molecular formula is C19H13FN4O4S. The molecule has 0 aliphatic rings. The van der Waals surface area contributed by atoms with Crippen molar-refractivity contribution in [3.63, 3.8) is 0 Å². The van der Waals surface area contributed by atoms with Gasteiger partial charge in [0.1, 0.15) is 5.75 Å². The van der Waals surface area contributed by atoms with E-state index in [0.717, 1.165) is 16.5 Å². The van der Waals surface area contributed by atoms with E-state index in [4.69, 9.17) is 4.74 Å². The molecule has 0 bridgehead atoms. The van der Waals surface area contributed by atoms with Crippen molar-refractivity contribution in [2.24, 2.45) is 0 Å². The number of Topliss-reactive ketones (excluding diaryl/α,β-unsaturated/α-hetero) is 1. The van der Waals surface area contributed by atoms with Crippen LogP contribution in [0.25, 0.3) is 20.7 Å². The third-order valence-electron chi connectivity index (χ3n) is 4.02. The molecule has 4 rings (SSSR count). The molecule has 3 aromatic heterocycles. The number of pyridine rings is 1. The molecular weight excluding hydrogens is 399 g/mol. The van der Waals surface area contributed by atoms with E-state index in [0.29, 0.717) is 16.0 Å². The summed E-state index contributed by atoms with van der Waals surface area (Å²) in [6.07, 6.45) is 4.96. The van der Waals surface area contributed by atoms with Gasteiger partial charge in [-0.05, 0) is 19.1 Å². The van der Waals surface area contributed by atoms with Crippen LogP contribution >= 0.6 is 11.3 Å². The van der Waals surface area contributed by atoms with Crippen molar-refractivity contribution < 1.29 is 18.8 Å². The van der Waals surface area contributed by atoms with Gasteiger partial charge in [0.15, 0.2) is 17.3 Å². The first-order valence-electron chi connectivity index (χ1n) is 8.43. The number of carbonyl (C=O) groups is 1. The third-order valence-corrected chi connectivity index (χ3v) is 5.21. The van der Waals surface area contributed by atoms with E-state index in [9.17, 15) is 19.3 Å². The lowest BCUT2D eigenvalue weighted by Gasteiger charge is -2.07. The molecule has 0 spiro atoms. The molecule has 4 aromatic rings. The van der Waals surface area contributed by atoms with Gasteiger partial charge in [-0.1, -0.05) is 0 Å². The lowest BCUT2D eigenvalue weighted by Crippen LogP contribution is -2.05. The van der Waals surface area contributed by atoms with Crippen molar-refractivity contribution in [1.29, 1.82) is 0 Å². The fourth-order valence-electron chi connectivity index (χ4n) is 2.75. The van der Waals surface area contributed by atoms with Crippen molar-refractivity contribution in [3.05, 3.63) is 64.9 Å². The Hall–Kier alpha value is -3.66. The van der Waals surface area contributed by atoms with Gasteiger partial charge in [-0.2, -0.15) is 5.10 Å². The van der Waals surface area contributed by atoms with Gasteiger partial charge in [0.2, 0.25) is 0 Å². The Morgan fingerprint density at radius 3 is 2.86 bits per heavy atom. The van der Waals surface area contributed by atoms with E-state index in [1.165, 1.54) is 36.6 Å². The Labute approximate surface area is 167 Å². The summed E-state index contributed by atoms with van der Waals surface area (Å²) < 4.78 is 22.1. The molecule has 3 heterocycles. The third kappa shape index (κ3) is 3.83. The molecule has 0 saturated heterocycles. The van der Waals surface area contributed by atoms with Crippen LogP contribution in [0, 0.1) is 15.9 Å². The molecule has 0 radical (unpaired) electrons. The first-order chi connectivity index (χ1) is 13.9. The number of thiophene rings is 1. The number of ketones is 1. The van der Waals surface area contributed by atoms with Crippen molar-refractivity contribution in [2.45, 2.75) is 13.5 Å². The van der Waals surface area contributed by atoms with E-state index >= 15 is 0 Å². The van der Waals surface area contributed by atoms with E-state index in [2.05, 4.69) is 10.1 Å². The van der Waals surface area contributed by atoms with E-state index in [-0.39, 0.29) is 23.8 Å². The fraction of sp³-hybridized carbons (Fsp3) is 0.105. The van der Waals surface area contributed by atoms with Crippen molar-refractivity contribution in [3.8, 4) is 21.9 Å². The van der Waals surface area contributed by atoms with Gasteiger partial charge in [-0.15, -0.1) is 11.3 Å². The number of non-ortho nitro benzene ring substituents is 1. The monoisotopic (exact) mass is 412 g/mol. The smallest absolute Gasteiger partial charge is 0.272 e. The number of ether oxygens (including phenoxy) is 1. The van der Waals surface area contributed by atoms with Gasteiger partial charge >= 0.3 is 0 Å². The van der Waals surface area contributed by atoms with Crippen LogP contribution in [-0.2, 0) is 11.3 Å². The lowest BCUT2D eigenvalue weighted by molar-refractivity contribution is -0.385. The Balaban J connectivity index is 1.67. The largest absolute Gasteiger partial charge is 0.453 e. The summed E-state index contributed by atoms with van der Waals surface area (Å²) in [7, 11) is 0. The number of benzene rings is 1. The molecule has 0 amide bonds. The maximum absolute atomic E-state index is 14.2. The highest BCUT2D eigenvalue weighted by Gasteiger charge is 2.16. The van der Waals surface area contributed by atoms with Gasteiger partial charge in [0, 0.05) is 35.0 Å². The van der Waals surface area contributed by atoms with Gasteiger partial charge in [0.25, 0.3) is 5.69 Å². The minimum absolute atomic E-state index is 0.00142. The van der Waals surface area contributed by atoms with Crippen LogP contribution in [-0.4, -0.2) is 25.5 Å². The number of nitrogens with zero attached hydrogens (tertiary/aromatic N) is 4. The van der Waals surface area contributed by atoms with Gasteiger partial charge in [-0.3, -0.25) is 24.6 Å². The summed E-state index contributed by atoms with van der Waals surface area (Å²) in [6.45, 7) is 1.68. The second-order valence-corrected chi connectivity index (χ2v) is 7.29. The van der Waals surface area contributed by atoms with Gasteiger partial charge in [0.05, 0.1) is 33.9 Å². The SMILES string of the molecule is CC(=O)Cn1cc(-c2cc3nccc(Oc4ccc([N+](=O)[O-])cc4F)c3s2)cn1. The number of nitro groups is 1. The molecule has 0 atom stereocenters. The second-order valence-electron chi connectivity index (χ2n) is 6.24. The van der Waals surface area contributed by atoms with Crippen LogP contribution < -0.4 is 4.74 Å². The van der Waals surface area contributed by atoms with Crippen LogP contribution in [0.1, 0.15) is 6.92 Å². The Bertz CT molecular complexity index is 1250. The van der Waals surface area contributed by atoms with Crippen LogP contribution in [0.3, 0.4) is 0 Å². The molecule has 146 valence electrons. The Morgan fingerprint density at radius 2 is 2.14 bits per heavy atom. The molecule has 0 aliphatic carbocycles. The normalized spacial score (nSPS) is 11.0.